The first-order chi connectivity index (χ1) is 14.7. The summed E-state index contributed by atoms with van der Waals surface area (Å²) in [6.45, 7) is 6.18. The zero-order valence-corrected chi connectivity index (χ0v) is 17.4. The van der Waals surface area contributed by atoms with Crippen molar-refractivity contribution < 1.29 is 14.2 Å². The fourth-order valence-corrected chi connectivity index (χ4v) is 3.43. The van der Waals surface area contributed by atoms with Crippen molar-refractivity contribution in [2.45, 2.75) is 27.0 Å². The molecular weight excluding hydrogens is 376 g/mol. The molecule has 0 radical (unpaired) electrons. The average Bonchev–Trinajstić information content (AvgIpc) is 3.11. The number of hydrogen-bond acceptors (Lipinski definition) is 4. The Balaban J connectivity index is 1.50. The van der Waals surface area contributed by atoms with E-state index in [0.29, 0.717) is 26.4 Å². The highest BCUT2D eigenvalue weighted by Gasteiger charge is 2.12. The highest BCUT2D eigenvalue weighted by molar-refractivity contribution is 5.75. The monoisotopic (exact) mass is 402 g/mol. The maximum atomic E-state index is 6.03. The predicted octanol–water partition coefficient (Wildman–Crippen LogP) is 5.40. The molecule has 0 aliphatic heterocycles. The summed E-state index contributed by atoms with van der Waals surface area (Å²) in [6, 6.07) is 23.9. The summed E-state index contributed by atoms with van der Waals surface area (Å²) in [7, 11) is 0. The Morgan fingerprint density at radius 3 is 2.40 bits per heavy atom. The highest BCUT2D eigenvalue weighted by Crippen LogP contribution is 2.26. The van der Waals surface area contributed by atoms with Crippen LogP contribution in [0.2, 0.25) is 0 Å². The topological polar surface area (TPSA) is 45.5 Å². The summed E-state index contributed by atoms with van der Waals surface area (Å²) in [4.78, 5) is 4.78. The molecule has 0 amide bonds. The number of hydrogen-bond donors (Lipinski definition) is 0. The zero-order chi connectivity index (χ0) is 20.8. The Hall–Kier alpha value is -3.47. The van der Waals surface area contributed by atoms with Gasteiger partial charge in [0.25, 0.3) is 0 Å². The summed E-state index contributed by atoms with van der Waals surface area (Å²) in [5.74, 6) is 3.23. The van der Waals surface area contributed by atoms with E-state index in [0.717, 1.165) is 34.1 Å². The van der Waals surface area contributed by atoms with Crippen LogP contribution < -0.4 is 14.2 Å². The molecule has 3 aromatic carbocycles. The van der Waals surface area contributed by atoms with Gasteiger partial charge in [0, 0.05) is 0 Å². The van der Waals surface area contributed by atoms with Crippen LogP contribution >= 0.6 is 0 Å². The van der Waals surface area contributed by atoms with E-state index >= 15 is 0 Å². The molecule has 0 saturated heterocycles. The van der Waals surface area contributed by atoms with Gasteiger partial charge in [-0.25, -0.2) is 4.98 Å². The fraction of sp³-hybridized carbons (Fsp3) is 0.240. The number of ether oxygens (including phenoxy) is 3. The Labute approximate surface area is 176 Å². The molecule has 4 rings (SSSR count). The van der Waals surface area contributed by atoms with Gasteiger partial charge in [-0.05, 0) is 55.8 Å². The average molecular weight is 402 g/mol. The Bertz CT molecular complexity index is 1120. The molecule has 0 bridgehead atoms. The van der Waals surface area contributed by atoms with Gasteiger partial charge in [0.1, 0.15) is 24.8 Å². The van der Waals surface area contributed by atoms with Crippen molar-refractivity contribution in [2.75, 3.05) is 13.2 Å². The van der Waals surface area contributed by atoms with Crippen molar-refractivity contribution in [3.63, 3.8) is 0 Å². The van der Waals surface area contributed by atoms with Gasteiger partial charge in [0.2, 0.25) is 0 Å². The molecule has 5 heteroatoms. The molecule has 0 aliphatic carbocycles. The molecule has 0 atom stereocenters. The fourth-order valence-electron chi connectivity index (χ4n) is 3.43. The maximum Gasteiger partial charge on any atom is 0.161 e. The number of aromatic nitrogens is 2. The normalized spacial score (nSPS) is 10.9. The van der Waals surface area contributed by atoms with Gasteiger partial charge in [-0.3, -0.25) is 0 Å². The van der Waals surface area contributed by atoms with Crippen molar-refractivity contribution in [2.24, 2.45) is 0 Å². The smallest absolute Gasteiger partial charge is 0.161 e. The zero-order valence-electron chi connectivity index (χ0n) is 17.4. The van der Waals surface area contributed by atoms with E-state index in [1.165, 1.54) is 5.56 Å². The number of aryl methyl sites for hydroxylation is 1. The standard InChI is InChI=1S/C25H26N2O3/c1-3-28-23-13-6-7-14-24(23)29-16-15-27-22-12-5-4-11-21(22)26-25(27)18-30-20-10-8-9-19(2)17-20/h4-14,17H,3,15-16,18H2,1-2H3. The Kier molecular flexibility index (Phi) is 6.18. The van der Waals surface area contributed by atoms with Gasteiger partial charge in [-0.2, -0.15) is 0 Å². The molecule has 0 aliphatic rings. The number of benzene rings is 3. The number of nitrogens with zero attached hydrogens (tertiary/aromatic N) is 2. The van der Waals surface area contributed by atoms with Crippen molar-refractivity contribution in [3.8, 4) is 17.2 Å². The molecule has 30 heavy (non-hydrogen) atoms. The van der Waals surface area contributed by atoms with Crippen LogP contribution in [0, 0.1) is 6.92 Å². The summed E-state index contributed by atoms with van der Waals surface area (Å²) in [6.07, 6.45) is 0. The van der Waals surface area contributed by atoms with Crippen LogP contribution in [0.25, 0.3) is 11.0 Å². The minimum atomic E-state index is 0.396. The molecule has 154 valence electrons. The van der Waals surface area contributed by atoms with Crippen LogP contribution in [0.4, 0.5) is 0 Å². The summed E-state index contributed by atoms with van der Waals surface area (Å²) < 4.78 is 19.9. The lowest BCUT2D eigenvalue weighted by atomic mass is 10.2. The molecule has 4 aromatic rings. The molecule has 1 aromatic heterocycles. The summed E-state index contributed by atoms with van der Waals surface area (Å²) in [5.41, 5.74) is 3.19. The van der Waals surface area contributed by atoms with Crippen molar-refractivity contribution in [3.05, 3.63) is 84.2 Å². The molecule has 0 saturated carbocycles. The molecule has 0 spiro atoms. The second kappa shape index (κ2) is 9.35. The van der Waals surface area contributed by atoms with E-state index in [-0.39, 0.29) is 0 Å². The lowest BCUT2D eigenvalue weighted by Gasteiger charge is -2.14. The number of fused-ring (bicyclic) bond motifs is 1. The predicted molar refractivity (Wildman–Crippen MR) is 118 cm³/mol. The first-order valence-electron chi connectivity index (χ1n) is 10.2. The van der Waals surface area contributed by atoms with Crippen molar-refractivity contribution in [1.82, 2.24) is 9.55 Å². The van der Waals surface area contributed by atoms with Gasteiger partial charge in [0.05, 0.1) is 24.2 Å². The Morgan fingerprint density at radius 2 is 1.60 bits per heavy atom. The lowest BCUT2D eigenvalue weighted by Crippen LogP contribution is -2.13. The second-order valence-corrected chi connectivity index (χ2v) is 7.00. The summed E-state index contributed by atoms with van der Waals surface area (Å²) >= 11 is 0. The SMILES string of the molecule is CCOc1ccccc1OCCn1c(COc2cccc(C)c2)nc2ccccc21. The van der Waals surface area contributed by atoms with Gasteiger partial charge in [-0.15, -0.1) is 0 Å². The van der Waals surface area contributed by atoms with E-state index in [1.807, 2.05) is 67.6 Å². The third-order valence-electron chi connectivity index (χ3n) is 4.81. The molecule has 0 unspecified atom stereocenters. The van der Waals surface area contributed by atoms with E-state index in [1.54, 1.807) is 0 Å². The second-order valence-electron chi connectivity index (χ2n) is 7.00. The van der Waals surface area contributed by atoms with E-state index in [4.69, 9.17) is 19.2 Å². The third-order valence-corrected chi connectivity index (χ3v) is 4.81. The van der Waals surface area contributed by atoms with Crippen LogP contribution in [0.1, 0.15) is 18.3 Å². The van der Waals surface area contributed by atoms with Crippen LogP contribution in [0.5, 0.6) is 17.2 Å². The van der Waals surface area contributed by atoms with Gasteiger partial charge < -0.3 is 18.8 Å². The number of rotatable bonds is 9. The first kappa shape index (κ1) is 19.8. The van der Waals surface area contributed by atoms with Crippen molar-refractivity contribution >= 4 is 11.0 Å². The third kappa shape index (κ3) is 4.57. The molecule has 1 heterocycles. The van der Waals surface area contributed by atoms with Crippen LogP contribution in [0.3, 0.4) is 0 Å². The number of para-hydroxylation sites is 4. The molecule has 0 fully saturated rings. The van der Waals surface area contributed by atoms with Gasteiger partial charge in [0.15, 0.2) is 11.5 Å². The van der Waals surface area contributed by atoms with E-state index in [2.05, 4.69) is 23.6 Å². The van der Waals surface area contributed by atoms with E-state index < -0.39 is 0 Å². The highest BCUT2D eigenvalue weighted by atomic mass is 16.5. The van der Waals surface area contributed by atoms with Gasteiger partial charge >= 0.3 is 0 Å². The van der Waals surface area contributed by atoms with Crippen LogP contribution in [-0.4, -0.2) is 22.8 Å². The molecule has 0 N–H and O–H groups in total. The first-order valence-corrected chi connectivity index (χ1v) is 10.2. The minimum Gasteiger partial charge on any atom is -0.490 e. The molecular formula is C25H26N2O3. The van der Waals surface area contributed by atoms with Gasteiger partial charge in [-0.1, -0.05) is 36.4 Å². The lowest BCUT2D eigenvalue weighted by molar-refractivity contribution is 0.257. The minimum absolute atomic E-state index is 0.396. The number of imidazole rings is 1. The quantitative estimate of drug-likeness (QED) is 0.376. The Morgan fingerprint density at radius 1 is 0.833 bits per heavy atom. The summed E-state index contributed by atoms with van der Waals surface area (Å²) in [5, 5.41) is 0. The molecule has 5 nitrogen and oxygen atoms in total. The van der Waals surface area contributed by atoms with E-state index in [9.17, 15) is 0 Å². The van der Waals surface area contributed by atoms with Crippen molar-refractivity contribution in [1.29, 1.82) is 0 Å². The maximum absolute atomic E-state index is 6.03. The largest absolute Gasteiger partial charge is 0.490 e. The van der Waals surface area contributed by atoms with Crippen LogP contribution in [0.15, 0.2) is 72.8 Å². The van der Waals surface area contributed by atoms with Crippen LogP contribution in [-0.2, 0) is 13.2 Å².